The van der Waals surface area contributed by atoms with E-state index in [9.17, 15) is 4.79 Å². The number of benzene rings is 1. The van der Waals surface area contributed by atoms with Gasteiger partial charge >= 0.3 is 0 Å². The first-order chi connectivity index (χ1) is 13.2. The Morgan fingerprint density at radius 3 is 2.81 bits per heavy atom. The summed E-state index contributed by atoms with van der Waals surface area (Å²) in [5.41, 5.74) is 3.48. The Kier molecular flexibility index (Phi) is 6.65. The molecular formula is C21H28N4O2. The molecule has 0 unspecified atom stereocenters. The van der Waals surface area contributed by atoms with E-state index in [-0.39, 0.29) is 5.91 Å². The predicted molar refractivity (Wildman–Crippen MR) is 109 cm³/mol. The van der Waals surface area contributed by atoms with Crippen LogP contribution in [0.2, 0.25) is 0 Å². The minimum Gasteiger partial charge on any atom is -0.378 e. The van der Waals surface area contributed by atoms with E-state index in [1.54, 1.807) is 11.1 Å². The molecule has 3 rings (SSSR count). The zero-order chi connectivity index (χ0) is 19.1. The van der Waals surface area contributed by atoms with Crippen molar-refractivity contribution in [3.05, 3.63) is 48.3 Å². The van der Waals surface area contributed by atoms with E-state index in [1.165, 1.54) is 0 Å². The van der Waals surface area contributed by atoms with Crippen molar-refractivity contribution in [1.29, 1.82) is 0 Å². The van der Waals surface area contributed by atoms with Gasteiger partial charge in [0.2, 0.25) is 0 Å². The Morgan fingerprint density at radius 1 is 1.26 bits per heavy atom. The largest absolute Gasteiger partial charge is 0.378 e. The molecule has 1 aliphatic rings. The Labute approximate surface area is 161 Å². The number of para-hydroxylation sites is 2. The second-order valence-electron chi connectivity index (χ2n) is 6.75. The highest BCUT2D eigenvalue weighted by Crippen LogP contribution is 2.29. The van der Waals surface area contributed by atoms with Crippen LogP contribution in [0, 0.1) is 0 Å². The molecule has 1 saturated heterocycles. The highest BCUT2D eigenvalue weighted by atomic mass is 16.5. The number of hydrogen-bond donors (Lipinski definition) is 1. The first kappa shape index (κ1) is 19.2. The minimum atomic E-state index is -0.0476. The molecule has 144 valence electrons. The predicted octanol–water partition coefficient (Wildman–Crippen LogP) is 3.53. The number of morpholine rings is 1. The van der Waals surface area contributed by atoms with Gasteiger partial charge in [0.25, 0.3) is 5.91 Å². The lowest BCUT2D eigenvalue weighted by Gasteiger charge is -2.30. The van der Waals surface area contributed by atoms with Crippen LogP contribution in [0.1, 0.15) is 30.3 Å². The molecule has 1 aromatic heterocycles. The number of carbonyl (C=O) groups excluding carboxylic acids is 1. The molecule has 1 aromatic carbocycles. The number of carbonyl (C=O) groups is 1. The Hall–Kier alpha value is -2.60. The number of nitrogens with one attached hydrogen (secondary N) is 1. The van der Waals surface area contributed by atoms with Gasteiger partial charge in [-0.15, -0.1) is 0 Å². The third kappa shape index (κ3) is 4.98. The van der Waals surface area contributed by atoms with Crippen LogP contribution in [0.5, 0.6) is 0 Å². The van der Waals surface area contributed by atoms with Gasteiger partial charge < -0.3 is 19.9 Å². The molecule has 6 nitrogen and oxygen atoms in total. The molecule has 1 amide bonds. The standard InChI is InChI=1S/C21H28N4O2/c1-3-4-11-24(2)21(26)19-16-17(9-10-22-19)23-18-7-5-6-8-20(18)25-12-14-27-15-13-25/h5-10,16H,3-4,11-15H2,1-2H3,(H,22,23). The Bertz CT molecular complexity index is 759. The molecule has 1 fully saturated rings. The average molecular weight is 368 g/mol. The number of anilines is 3. The summed E-state index contributed by atoms with van der Waals surface area (Å²) in [4.78, 5) is 20.9. The number of pyridine rings is 1. The molecule has 0 bridgehead atoms. The smallest absolute Gasteiger partial charge is 0.272 e. The van der Waals surface area contributed by atoms with Crippen LogP contribution in [0.4, 0.5) is 17.1 Å². The topological polar surface area (TPSA) is 57.7 Å². The van der Waals surface area contributed by atoms with E-state index >= 15 is 0 Å². The van der Waals surface area contributed by atoms with Gasteiger partial charge in [-0.3, -0.25) is 9.78 Å². The average Bonchev–Trinajstić information content (AvgIpc) is 2.72. The Balaban J connectivity index is 1.76. The fourth-order valence-corrected chi connectivity index (χ4v) is 3.13. The van der Waals surface area contributed by atoms with E-state index in [4.69, 9.17) is 4.74 Å². The third-order valence-corrected chi connectivity index (χ3v) is 4.71. The van der Waals surface area contributed by atoms with Crippen LogP contribution >= 0.6 is 0 Å². The van der Waals surface area contributed by atoms with Crippen LogP contribution in [-0.2, 0) is 4.74 Å². The van der Waals surface area contributed by atoms with E-state index in [2.05, 4.69) is 34.3 Å². The number of aromatic nitrogens is 1. The normalized spacial score (nSPS) is 14.1. The molecule has 2 aromatic rings. The molecule has 1 aliphatic heterocycles. The van der Waals surface area contributed by atoms with Crippen molar-refractivity contribution in [2.24, 2.45) is 0 Å². The van der Waals surface area contributed by atoms with Crippen molar-refractivity contribution in [2.45, 2.75) is 19.8 Å². The summed E-state index contributed by atoms with van der Waals surface area (Å²) in [6, 6.07) is 11.9. The quantitative estimate of drug-likeness (QED) is 0.810. The van der Waals surface area contributed by atoms with Crippen molar-refractivity contribution in [2.75, 3.05) is 50.1 Å². The lowest BCUT2D eigenvalue weighted by molar-refractivity contribution is 0.0787. The number of ether oxygens (including phenoxy) is 1. The number of amides is 1. The third-order valence-electron chi connectivity index (χ3n) is 4.71. The van der Waals surface area contributed by atoms with Gasteiger partial charge in [-0.05, 0) is 30.7 Å². The lowest BCUT2D eigenvalue weighted by Crippen LogP contribution is -2.36. The van der Waals surface area contributed by atoms with Gasteiger partial charge in [0.15, 0.2) is 0 Å². The molecule has 6 heteroatoms. The minimum absolute atomic E-state index is 0.0476. The number of nitrogens with zero attached hydrogens (tertiary/aromatic N) is 3. The van der Waals surface area contributed by atoms with Crippen molar-refractivity contribution >= 4 is 23.0 Å². The fourth-order valence-electron chi connectivity index (χ4n) is 3.13. The second kappa shape index (κ2) is 9.37. The molecule has 1 N–H and O–H groups in total. The molecule has 0 atom stereocenters. The van der Waals surface area contributed by atoms with Gasteiger partial charge in [-0.25, -0.2) is 0 Å². The highest BCUT2D eigenvalue weighted by Gasteiger charge is 2.16. The maximum absolute atomic E-state index is 12.6. The first-order valence-electron chi connectivity index (χ1n) is 9.59. The molecule has 0 radical (unpaired) electrons. The van der Waals surface area contributed by atoms with Crippen LogP contribution < -0.4 is 10.2 Å². The molecule has 0 aliphatic carbocycles. The van der Waals surface area contributed by atoms with Gasteiger partial charge in [0.05, 0.1) is 24.6 Å². The van der Waals surface area contributed by atoms with Crippen molar-refractivity contribution in [3.8, 4) is 0 Å². The monoisotopic (exact) mass is 368 g/mol. The van der Waals surface area contributed by atoms with Crippen molar-refractivity contribution < 1.29 is 9.53 Å². The summed E-state index contributed by atoms with van der Waals surface area (Å²) in [6.45, 7) is 6.10. The van der Waals surface area contributed by atoms with Crippen LogP contribution in [0.25, 0.3) is 0 Å². The summed E-state index contributed by atoms with van der Waals surface area (Å²) in [5, 5.41) is 3.45. The van der Waals surface area contributed by atoms with E-state index in [0.29, 0.717) is 5.69 Å². The van der Waals surface area contributed by atoms with E-state index in [0.717, 1.165) is 62.8 Å². The van der Waals surface area contributed by atoms with Gasteiger partial charge in [-0.2, -0.15) is 0 Å². The molecular weight excluding hydrogens is 340 g/mol. The molecule has 2 heterocycles. The number of rotatable bonds is 7. The second-order valence-corrected chi connectivity index (χ2v) is 6.75. The lowest BCUT2D eigenvalue weighted by atomic mass is 10.2. The summed E-state index contributed by atoms with van der Waals surface area (Å²) < 4.78 is 5.46. The SMILES string of the molecule is CCCCN(C)C(=O)c1cc(Nc2ccccc2N2CCOCC2)ccn1. The molecule has 27 heavy (non-hydrogen) atoms. The van der Waals surface area contributed by atoms with Gasteiger partial charge in [-0.1, -0.05) is 25.5 Å². The van der Waals surface area contributed by atoms with Gasteiger partial charge in [0, 0.05) is 38.6 Å². The zero-order valence-corrected chi connectivity index (χ0v) is 16.1. The van der Waals surface area contributed by atoms with Crippen LogP contribution in [-0.4, -0.2) is 55.7 Å². The summed E-state index contributed by atoms with van der Waals surface area (Å²) >= 11 is 0. The van der Waals surface area contributed by atoms with Crippen molar-refractivity contribution in [1.82, 2.24) is 9.88 Å². The summed E-state index contributed by atoms with van der Waals surface area (Å²) in [7, 11) is 1.83. The highest BCUT2D eigenvalue weighted by molar-refractivity contribution is 5.93. The van der Waals surface area contributed by atoms with E-state index < -0.39 is 0 Å². The zero-order valence-electron chi connectivity index (χ0n) is 16.1. The summed E-state index contributed by atoms with van der Waals surface area (Å²) in [6.07, 6.45) is 3.73. The van der Waals surface area contributed by atoms with Gasteiger partial charge in [0.1, 0.15) is 5.69 Å². The van der Waals surface area contributed by atoms with Crippen LogP contribution in [0.15, 0.2) is 42.6 Å². The maximum atomic E-state index is 12.6. The number of hydrogen-bond acceptors (Lipinski definition) is 5. The Morgan fingerprint density at radius 2 is 2.04 bits per heavy atom. The fraction of sp³-hybridized carbons (Fsp3) is 0.429. The molecule has 0 spiro atoms. The number of unbranched alkanes of at least 4 members (excludes halogenated alkanes) is 1. The maximum Gasteiger partial charge on any atom is 0.272 e. The molecule has 0 saturated carbocycles. The van der Waals surface area contributed by atoms with E-state index in [1.807, 2.05) is 31.3 Å². The summed E-state index contributed by atoms with van der Waals surface area (Å²) in [5.74, 6) is -0.0476. The van der Waals surface area contributed by atoms with Crippen molar-refractivity contribution in [3.63, 3.8) is 0 Å². The van der Waals surface area contributed by atoms with Crippen LogP contribution in [0.3, 0.4) is 0 Å². The first-order valence-corrected chi connectivity index (χ1v) is 9.59.